The van der Waals surface area contributed by atoms with E-state index in [9.17, 15) is 0 Å². The van der Waals surface area contributed by atoms with E-state index in [1.807, 2.05) is 26.0 Å². The van der Waals surface area contributed by atoms with Crippen LogP contribution in [0.1, 0.15) is 41.5 Å². The quantitative estimate of drug-likeness (QED) is 0.691. The monoisotopic (exact) mass is 219 g/mol. The molecule has 0 unspecified atom stereocenters. The Bertz CT molecular complexity index is 327. The molecule has 0 fully saturated rings. The van der Waals surface area contributed by atoms with E-state index < -0.39 is 0 Å². The molecule has 0 aromatic carbocycles. The molecule has 1 rings (SSSR count). The molecule has 0 atom stereocenters. The lowest BCUT2D eigenvalue weighted by atomic mass is 9.90. The highest BCUT2D eigenvalue weighted by molar-refractivity contribution is 5.50. The van der Waals surface area contributed by atoms with Crippen molar-refractivity contribution in [2.75, 3.05) is 0 Å². The minimum Gasteiger partial charge on any atom is -0.376 e. The van der Waals surface area contributed by atoms with Crippen LogP contribution in [0.2, 0.25) is 0 Å². The van der Waals surface area contributed by atoms with Gasteiger partial charge in [0.15, 0.2) is 0 Å². The average molecular weight is 219 g/mol. The molecule has 1 aliphatic heterocycles. The number of hydrogen-bond donors (Lipinski definition) is 1. The van der Waals surface area contributed by atoms with Crippen molar-refractivity contribution in [3.63, 3.8) is 0 Å². The highest BCUT2D eigenvalue weighted by Crippen LogP contribution is 2.27. The maximum absolute atomic E-state index is 3.73. The van der Waals surface area contributed by atoms with Crippen LogP contribution in [-0.2, 0) is 0 Å². The van der Waals surface area contributed by atoms with E-state index in [4.69, 9.17) is 0 Å². The van der Waals surface area contributed by atoms with Crippen LogP contribution in [0.5, 0.6) is 0 Å². The zero-order chi connectivity index (χ0) is 12.8. The van der Waals surface area contributed by atoms with E-state index in [-0.39, 0.29) is 5.54 Å². The van der Waals surface area contributed by atoms with Gasteiger partial charge in [-0.1, -0.05) is 38.7 Å². The molecule has 0 saturated heterocycles. The molecule has 0 bridgehead atoms. The summed E-state index contributed by atoms with van der Waals surface area (Å²) in [5, 5.41) is 3.47. The van der Waals surface area contributed by atoms with E-state index in [1.54, 1.807) is 0 Å². The molecular weight excluding hydrogens is 194 g/mol. The molecule has 90 valence electrons. The van der Waals surface area contributed by atoms with Gasteiger partial charge in [0.05, 0.1) is 5.54 Å². The summed E-state index contributed by atoms with van der Waals surface area (Å²) in [5.41, 5.74) is 3.78. The van der Waals surface area contributed by atoms with Crippen molar-refractivity contribution in [2.24, 2.45) is 0 Å². The van der Waals surface area contributed by atoms with Crippen molar-refractivity contribution >= 4 is 0 Å². The van der Waals surface area contributed by atoms with Gasteiger partial charge in [-0.2, -0.15) is 0 Å². The minimum atomic E-state index is 0.0332. The Morgan fingerprint density at radius 1 is 1.31 bits per heavy atom. The van der Waals surface area contributed by atoms with Crippen LogP contribution in [0, 0.1) is 0 Å². The van der Waals surface area contributed by atoms with Gasteiger partial charge in [-0.15, -0.1) is 0 Å². The zero-order valence-electron chi connectivity index (χ0n) is 11.5. The first-order valence-corrected chi connectivity index (χ1v) is 5.97. The van der Waals surface area contributed by atoms with Gasteiger partial charge in [-0.25, -0.2) is 0 Å². The largest absolute Gasteiger partial charge is 0.376 e. The van der Waals surface area contributed by atoms with E-state index in [2.05, 4.69) is 51.7 Å². The molecular formula is C15H25N. The fraction of sp³-hybridized carbons (Fsp3) is 0.467. The third-order valence-electron chi connectivity index (χ3n) is 2.32. The molecule has 0 aromatic rings. The van der Waals surface area contributed by atoms with Crippen LogP contribution in [0.4, 0.5) is 0 Å². The lowest BCUT2D eigenvalue weighted by Gasteiger charge is -2.33. The van der Waals surface area contributed by atoms with Crippen LogP contribution < -0.4 is 5.32 Å². The molecule has 1 heteroatoms. The van der Waals surface area contributed by atoms with Gasteiger partial charge in [-0.05, 0) is 44.9 Å². The molecule has 0 radical (unpaired) electrons. The van der Waals surface area contributed by atoms with Crippen LogP contribution in [0.3, 0.4) is 0 Å². The molecule has 1 N–H and O–H groups in total. The predicted octanol–water partition coefficient (Wildman–Crippen LogP) is 4.36. The van der Waals surface area contributed by atoms with Crippen molar-refractivity contribution in [3.05, 3.63) is 47.7 Å². The van der Waals surface area contributed by atoms with Gasteiger partial charge in [0.1, 0.15) is 0 Å². The summed E-state index contributed by atoms with van der Waals surface area (Å²) in [6.07, 6.45) is 8.22. The maximum Gasteiger partial charge on any atom is 0.0505 e. The molecule has 0 saturated carbocycles. The van der Waals surface area contributed by atoms with Crippen molar-refractivity contribution < 1.29 is 0 Å². The Hall–Kier alpha value is -1.24. The Kier molecular flexibility index (Phi) is 5.87. The highest BCUT2D eigenvalue weighted by Gasteiger charge is 2.23. The fourth-order valence-electron chi connectivity index (χ4n) is 1.91. The predicted molar refractivity (Wildman–Crippen MR) is 74.4 cm³/mol. The van der Waals surface area contributed by atoms with Crippen molar-refractivity contribution in [2.45, 2.75) is 47.1 Å². The second-order valence-electron chi connectivity index (χ2n) is 4.19. The molecule has 16 heavy (non-hydrogen) atoms. The highest BCUT2D eigenvalue weighted by atomic mass is 15.0. The first-order chi connectivity index (χ1) is 7.50. The van der Waals surface area contributed by atoms with E-state index >= 15 is 0 Å². The Balaban J connectivity index is 0.00000106. The summed E-state index contributed by atoms with van der Waals surface area (Å²) in [7, 11) is 0. The smallest absolute Gasteiger partial charge is 0.0505 e. The van der Waals surface area contributed by atoms with Gasteiger partial charge in [-0.3, -0.25) is 0 Å². The van der Waals surface area contributed by atoms with Gasteiger partial charge in [0.25, 0.3) is 0 Å². The standard InChI is InChI=1S/C13H19N.C2H6/c1-6-8-12-11(7-2)10(3)9-13(4,5)14-12;1-2/h6-9,14H,1H2,2-5H3;1-2H3/b11-7-,12-8+;. The topological polar surface area (TPSA) is 12.0 Å². The van der Waals surface area contributed by atoms with Gasteiger partial charge < -0.3 is 5.32 Å². The summed E-state index contributed by atoms with van der Waals surface area (Å²) >= 11 is 0. The number of hydrogen-bond acceptors (Lipinski definition) is 1. The molecule has 1 nitrogen and oxygen atoms in total. The Morgan fingerprint density at radius 2 is 1.88 bits per heavy atom. The normalized spacial score (nSPS) is 23.0. The Morgan fingerprint density at radius 3 is 2.31 bits per heavy atom. The second kappa shape index (κ2) is 6.37. The average Bonchev–Trinajstić information content (AvgIpc) is 2.19. The van der Waals surface area contributed by atoms with Crippen LogP contribution in [-0.4, -0.2) is 5.54 Å². The van der Waals surface area contributed by atoms with E-state index in [0.717, 1.165) is 5.70 Å². The summed E-state index contributed by atoms with van der Waals surface area (Å²) < 4.78 is 0. The van der Waals surface area contributed by atoms with Gasteiger partial charge >= 0.3 is 0 Å². The van der Waals surface area contributed by atoms with Crippen LogP contribution in [0.15, 0.2) is 47.7 Å². The maximum atomic E-state index is 3.73. The first kappa shape index (κ1) is 14.8. The summed E-state index contributed by atoms with van der Waals surface area (Å²) in [4.78, 5) is 0. The molecule has 0 amide bonds. The Labute approximate surface area is 101 Å². The molecule has 0 spiro atoms. The number of allylic oxidation sites excluding steroid dienone is 4. The lowest BCUT2D eigenvalue weighted by molar-refractivity contribution is 0.521. The third-order valence-corrected chi connectivity index (χ3v) is 2.32. The van der Waals surface area contributed by atoms with Crippen molar-refractivity contribution in [3.8, 4) is 0 Å². The zero-order valence-corrected chi connectivity index (χ0v) is 11.5. The van der Waals surface area contributed by atoms with Gasteiger partial charge in [0.2, 0.25) is 0 Å². The molecule has 0 aliphatic carbocycles. The van der Waals surface area contributed by atoms with Crippen molar-refractivity contribution in [1.29, 1.82) is 0 Å². The van der Waals surface area contributed by atoms with Gasteiger partial charge in [0, 0.05) is 5.70 Å². The SMILES string of the molecule is C=C/C=C1/NC(C)(C)C=C(C)/C1=C/C.CC. The van der Waals surface area contributed by atoms with Crippen LogP contribution in [0.25, 0.3) is 0 Å². The lowest BCUT2D eigenvalue weighted by Crippen LogP contribution is -2.40. The van der Waals surface area contributed by atoms with Crippen molar-refractivity contribution in [1.82, 2.24) is 5.32 Å². The van der Waals surface area contributed by atoms with E-state index in [0.29, 0.717) is 0 Å². The number of nitrogens with one attached hydrogen (secondary N) is 1. The number of rotatable bonds is 1. The molecule has 1 heterocycles. The fourth-order valence-corrected chi connectivity index (χ4v) is 1.91. The second-order valence-corrected chi connectivity index (χ2v) is 4.19. The summed E-state index contributed by atoms with van der Waals surface area (Å²) in [5.74, 6) is 0. The summed E-state index contributed by atoms with van der Waals surface area (Å²) in [6, 6.07) is 0. The van der Waals surface area contributed by atoms with E-state index in [1.165, 1.54) is 11.1 Å². The third kappa shape index (κ3) is 3.73. The molecule has 1 aliphatic rings. The minimum absolute atomic E-state index is 0.0332. The van der Waals surface area contributed by atoms with Crippen LogP contribution >= 0.6 is 0 Å². The first-order valence-electron chi connectivity index (χ1n) is 5.97. The molecule has 0 aromatic heterocycles. The summed E-state index contributed by atoms with van der Waals surface area (Å²) in [6.45, 7) is 16.3.